The van der Waals surface area contributed by atoms with Gasteiger partial charge in [-0.05, 0) is 53.6 Å². The number of benzene rings is 2. The molecule has 0 unspecified atom stereocenters. The number of aromatic nitrogens is 1. The van der Waals surface area contributed by atoms with Gasteiger partial charge in [0.1, 0.15) is 11.5 Å². The molecular weight excluding hydrogens is 326 g/mol. The number of ether oxygens (including phenoxy) is 2. The van der Waals surface area contributed by atoms with Crippen molar-refractivity contribution in [2.24, 2.45) is 0 Å². The van der Waals surface area contributed by atoms with E-state index in [1.807, 2.05) is 54.6 Å². The molecule has 0 aliphatic carbocycles. The number of rotatable bonds is 7. The zero-order chi connectivity index (χ0) is 18.2. The van der Waals surface area contributed by atoms with E-state index in [0.717, 1.165) is 16.9 Å². The van der Waals surface area contributed by atoms with Gasteiger partial charge in [0.2, 0.25) is 5.88 Å². The molecule has 2 aromatic carbocycles. The van der Waals surface area contributed by atoms with Crippen LogP contribution < -0.4 is 14.8 Å². The molecular formula is C21H19N3O2. The average molecular weight is 345 g/mol. The van der Waals surface area contributed by atoms with E-state index in [0.29, 0.717) is 30.3 Å². The summed E-state index contributed by atoms with van der Waals surface area (Å²) in [6.45, 7) is 1.37. The van der Waals surface area contributed by atoms with Gasteiger partial charge >= 0.3 is 0 Å². The third kappa shape index (κ3) is 4.82. The molecule has 0 saturated heterocycles. The second kappa shape index (κ2) is 8.65. The predicted octanol–water partition coefficient (Wildman–Crippen LogP) is 4.04. The highest BCUT2D eigenvalue weighted by Crippen LogP contribution is 2.22. The summed E-state index contributed by atoms with van der Waals surface area (Å²) in [4.78, 5) is 4.25. The maximum atomic E-state index is 8.95. The summed E-state index contributed by atoms with van der Waals surface area (Å²) in [5.41, 5.74) is 2.82. The van der Waals surface area contributed by atoms with Crippen molar-refractivity contribution < 1.29 is 9.47 Å². The van der Waals surface area contributed by atoms with E-state index >= 15 is 0 Å². The molecule has 130 valence electrons. The lowest BCUT2D eigenvalue weighted by atomic mass is 10.1. The SMILES string of the molecule is COc1ccc(Oc2cc(CNCc3cccc(C#N)c3)ccn2)cc1. The predicted molar refractivity (Wildman–Crippen MR) is 99.0 cm³/mol. The van der Waals surface area contributed by atoms with Gasteiger partial charge in [-0.3, -0.25) is 0 Å². The number of pyridine rings is 1. The first-order chi connectivity index (χ1) is 12.8. The smallest absolute Gasteiger partial charge is 0.219 e. The second-order valence-electron chi connectivity index (χ2n) is 5.70. The lowest BCUT2D eigenvalue weighted by molar-refractivity contribution is 0.412. The van der Waals surface area contributed by atoms with Crippen LogP contribution in [0.1, 0.15) is 16.7 Å². The third-order valence-corrected chi connectivity index (χ3v) is 3.80. The van der Waals surface area contributed by atoms with E-state index in [9.17, 15) is 0 Å². The summed E-state index contributed by atoms with van der Waals surface area (Å²) in [5, 5.41) is 12.3. The van der Waals surface area contributed by atoms with Crippen molar-refractivity contribution in [3.05, 3.63) is 83.6 Å². The molecule has 5 heteroatoms. The topological polar surface area (TPSA) is 67.2 Å². The lowest BCUT2D eigenvalue weighted by Gasteiger charge is -2.08. The van der Waals surface area contributed by atoms with E-state index in [1.165, 1.54) is 0 Å². The number of nitrogens with one attached hydrogen (secondary N) is 1. The Morgan fingerprint density at radius 2 is 1.69 bits per heavy atom. The van der Waals surface area contributed by atoms with Gasteiger partial charge in [-0.15, -0.1) is 0 Å². The first kappa shape index (κ1) is 17.5. The Hall–Kier alpha value is -3.36. The summed E-state index contributed by atoms with van der Waals surface area (Å²) in [6, 6.07) is 20.9. The minimum absolute atomic E-state index is 0.543. The average Bonchev–Trinajstić information content (AvgIpc) is 2.69. The normalized spacial score (nSPS) is 10.2. The van der Waals surface area contributed by atoms with Crippen molar-refractivity contribution in [3.63, 3.8) is 0 Å². The lowest BCUT2D eigenvalue weighted by Crippen LogP contribution is -2.12. The van der Waals surface area contributed by atoms with E-state index in [-0.39, 0.29) is 0 Å². The van der Waals surface area contributed by atoms with Crippen molar-refractivity contribution in [3.8, 4) is 23.4 Å². The first-order valence-electron chi connectivity index (χ1n) is 8.23. The fraction of sp³-hybridized carbons (Fsp3) is 0.143. The molecule has 0 bridgehead atoms. The summed E-state index contributed by atoms with van der Waals surface area (Å²) >= 11 is 0. The largest absolute Gasteiger partial charge is 0.497 e. The van der Waals surface area contributed by atoms with Crippen LogP contribution in [0.3, 0.4) is 0 Å². The molecule has 0 aliphatic heterocycles. The minimum Gasteiger partial charge on any atom is -0.497 e. The quantitative estimate of drug-likeness (QED) is 0.700. The van der Waals surface area contributed by atoms with Crippen LogP contribution in [0.15, 0.2) is 66.9 Å². The van der Waals surface area contributed by atoms with E-state index < -0.39 is 0 Å². The van der Waals surface area contributed by atoms with Crippen LogP contribution in [0.25, 0.3) is 0 Å². The summed E-state index contributed by atoms with van der Waals surface area (Å²) in [6.07, 6.45) is 1.73. The molecule has 0 fully saturated rings. The van der Waals surface area contributed by atoms with Crippen LogP contribution in [-0.4, -0.2) is 12.1 Å². The number of methoxy groups -OCH3 is 1. The molecule has 3 aromatic rings. The summed E-state index contributed by atoms with van der Waals surface area (Å²) in [7, 11) is 1.63. The molecule has 26 heavy (non-hydrogen) atoms. The van der Waals surface area contributed by atoms with Crippen molar-refractivity contribution in [1.82, 2.24) is 10.3 Å². The molecule has 1 N–H and O–H groups in total. The van der Waals surface area contributed by atoms with Gasteiger partial charge in [0.05, 0.1) is 18.7 Å². The number of hydrogen-bond donors (Lipinski definition) is 1. The Labute approximate surface area is 152 Å². The molecule has 1 heterocycles. The maximum Gasteiger partial charge on any atom is 0.219 e. The highest BCUT2D eigenvalue weighted by atomic mass is 16.5. The van der Waals surface area contributed by atoms with Crippen molar-refractivity contribution in [1.29, 1.82) is 5.26 Å². The van der Waals surface area contributed by atoms with Crippen LogP contribution in [0.5, 0.6) is 17.4 Å². The Kier molecular flexibility index (Phi) is 5.81. The van der Waals surface area contributed by atoms with E-state index in [2.05, 4.69) is 16.4 Å². The summed E-state index contributed by atoms with van der Waals surface area (Å²) in [5.74, 6) is 2.03. The van der Waals surface area contributed by atoms with Crippen LogP contribution in [0.4, 0.5) is 0 Å². The van der Waals surface area contributed by atoms with Crippen LogP contribution in [0.2, 0.25) is 0 Å². The summed E-state index contributed by atoms with van der Waals surface area (Å²) < 4.78 is 10.9. The molecule has 0 saturated carbocycles. The van der Waals surface area contributed by atoms with Gasteiger partial charge in [-0.25, -0.2) is 4.98 Å². The zero-order valence-electron chi connectivity index (χ0n) is 14.5. The molecule has 0 aliphatic rings. The van der Waals surface area contributed by atoms with Gasteiger partial charge in [-0.2, -0.15) is 5.26 Å². The van der Waals surface area contributed by atoms with Gasteiger partial charge in [0.15, 0.2) is 0 Å². The minimum atomic E-state index is 0.543. The Bertz CT molecular complexity index is 902. The Morgan fingerprint density at radius 3 is 2.42 bits per heavy atom. The zero-order valence-corrected chi connectivity index (χ0v) is 14.5. The molecule has 0 spiro atoms. The molecule has 0 amide bonds. The Morgan fingerprint density at radius 1 is 0.962 bits per heavy atom. The van der Waals surface area contributed by atoms with E-state index in [1.54, 1.807) is 19.4 Å². The van der Waals surface area contributed by atoms with Gasteiger partial charge in [0, 0.05) is 25.4 Å². The molecule has 3 rings (SSSR count). The highest BCUT2D eigenvalue weighted by molar-refractivity contribution is 5.34. The monoisotopic (exact) mass is 345 g/mol. The van der Waals surface area contributed by atoms with Crippen molar-refractivity contribution in [2.75, 3.05) is 7.11 Å². The second-order valence-corrected chi connectivity index (χ2v) is 5.70. The molecule has 0 radical (unpaired) electrons. The highest BCUT2D eigenvalue weighted by Gasteiger charge is 2.02. The maximum absolute atomic E-state index is 8.95. The van der Waals surface area contributed by atoms with E-state index in [4.69, 9.17) is 14.7 Å². The molecule has 1 aromatic heterocycles. The molecule has 5 nitrogen and oxygen atoms in total. The van der Waals surface area contributed by atoms with Crippen molar-refractivity contribution >= 4 is 0 Å². The van der Waals surface area contributed by atoms with Crippen LogP contribution in [0, 0.1) is 11.3 Å². The van der Waals surface area contributed by atoms with Gasteiger partial charge in [-0.1, -0.05) is 12.1 Å². The number of hydrogen-bond acceptors (Lipinski definition) is 5. The van der Waals surface area contributed by atoms with Gasteiger partial charge in [0.25, 0.3) is 0 Å². The van der Waals surface area contributed by atoms with Crippen molar-refractivity contribution in [2.45, 2.75) is 13.1 Å². The standard InChI is InChI=1S/C21H19N3O2/c1-25-19-5-7-20(8-6-19)26-21-12-18(9-10-24-21)15-23-14-17-4-2-3-16(11-17)13-22/h2-12,23H,14-15H2,1H3. The number of nitrogens with zero attached hydrogens (tertiary/aromatic N) is 2. The number of nitriles is 1. The fourth-order valence-corrected chi connectivity index (χ4v) is 2.48. The van der Waals surface area contributed by atoms with Crippen LogP contribution >= 0.6 is 0 Å². The van der Waals surface area contributed by atoms with Gasteiger partial charge < -0.3 is 14.8 Å². The van der Waals surface area contributed by atoms with Crippen LogP contribution in [-0.2, 0) is 13.1 Å². The third-order valence-electron chi connectivity index (χ3n) is 3.80. The Balaban J connectivity index is 1.57. The first-order valence-corrected chi connectivity index (χ1v) is 8.23. The fourth-order valence-electron chi connectivity index (χ4n) is 2.48. The molecule has 0 atom stereocenters.